The van der Waals surface area contributed by atoms with Crippen molar-refractivity contribution >= 4 is 11.8 Å². The van der Waals surface area contributed by atoms with Gasteiger partial charge in [0, 0.05) is 29.6 Å². The quantitative estimate of drug-likeness (QED) is 0.769. The molecule has 4 heteroatoms. The summed E-state index contributed by atoms with van der Waals surface area (Å²) in [5.41, 5.74) is 1.24. The van der Waals surface area contributed by atoms with Gasteiger partial charge in [0.15, 0.2) is 0 Å². The molecule has 1 aromatic rings. The van der Waals surface area contributed by atoms with Crippen LogP contribution in [0, 0.1) is 0 Å². The number of nitrogens with zero attached hydrogens (tertiary/aromatic N) is 1. The molecule has 1 aromatic heterocycles. The van der Waals surface area contributed by atoms with Crippen LogP contribution in [0.3, 0.4) is 0 Å². The standard InChI is InChI=1S/C9H15N3S/c1-7-9(2-3-13-7)10-4-8-5-11-12-6-8/h5-7,9-10H,2-4H2,1H3,(H,11,12). The second kappa shape index (κ2) is 4.15. The molecule has 0 radical (unpaired) electrons. The van der Waals surface area contributed by atoms with Crippen LogP contribution < -0.4 is 5.32 Å². The number of thioether (sulfide) groups is 1. The smallest absolute Gasteiger partial charge is 0.0532 e. The van der Waals surface area contributed by atoms with Crippen LogP contribution in [0.5, 0.6) is 0 Å². The number of H-pyrrole nitrogens is 1. The molecule has 0 bridgehead atoms. The van der Waals surface area contributed by atoms with E-state index in [1.165, 1.54) is 17.7 Å². The van der Waals surface area contributed by atoms with Gasteiger partial charge >= 0.3 is 0 Å². The highest BCUT2D eigenvalue weighted by Gasteiger charge is 2.22. The zero-order chi connectivity index (χ0) is 9.10. The molecule has 2 N–H and O–H groups in total. The second-order valence-electron chi connectivity index (χ2n) is 3.46. The fraction of sp³-hybridized carbons (Fsp3) is 0.667. The molecule has 0 aliphatic carbocycles. The maximum absolute atomic E-state index is 3.92. The number of nitrogens with one attached hydrogen (secondary N) is 2. The SMILES string of the molecule is CC1SCCC1NCc1cn[nH]c1. The Labute approximate surface area is 82.7 Å². The Morgan fingerprint density at radius 1 is 1.77 bits per heavy atom. The summed E-state index contributed by atoms with van der Waals surface area (Å²) in [5.74, 6) is 1.30. The molecular weight excluding hydrogens is 182 g/mol. The first-order valence-electron chi connectivity index (χ1n) is 4.69. The van der Waals surface area contributed by atoms with E-state index >= 15 is 0 Å². The minimum Gasteiger partial charge on any atom is -0.309 e. The first-order chi connectivity index (χ1) is 6.36. The molecule has 0 saturated carbocycles. The summed E-state index contributed by atoms with van der Waals surface area (Å²) in [7, 11) is 0. The number of hydrogen-bond donors (Lipinski definition) is 2. The Bertz CT molecular complexity index is 247. The molecule has 1 fully saturated rings. The lowest BCUT2D eigenvalue weighted by Crippen LogP contribution is -2.32. The highest BCUT2D eigenvalue weighted by molar-refractivity contribution is 8.00. The predicted octanol–water partition coefficient (Wildman–Crippen LogP) is 1.39. The van der Waals surface area contributed by atoms with Crippen LogP contribution in [0.4, 0.5) is 0 Å². The van der Waals surface area contributed by atoms with Crippen molar-refractivity contribution in [2.24, 2.45) is 0 Å². The summed E-state index contributed by atoms with van der Waals surface area (Å²) in [6.45, 7) is 3.23. The van der Waals surface area contributed by atoms with Gasteiger partial charge in [-0.15, -0.1) is 0 Å². The Kier molecular flexibility index (Phi) is 2.90. The molecule has 1 saturated heterocycles. The Hall–Kier alpha value is -0.480. The van der Waals surface area contributed by atoms with E-state index < -0.39 is 0 Å². The highest BCUT2D eigenvalue weighted by atomic mass is 32.2. The van der Waals surface area contributed by atoms with Crippen LogP contribution in [-0.4, -0.2) is 27.2 Å². The van der Waals surface area contributed by atoms with Crippen molar-refractivity contribution in [3.63, 3.8) is 0 Å². The predicted molar refractivity (Wildman–Crippen MR) is 55.8 cm³/mol. The fourth-order valence-electron chi connectivity index (χ4n) is 1.62. The van der Waals surface area contributed by atoms with Crippen molar-refractivity contribution in [3.8, 4) is 0 Å². The van der Waals surface area contributed by atoms with Crippen molar-refractivity contribution in [1.29, 1.82) is 0 Å². The maximum atomic E-state index is 3.92. The van der Waals surface area contributed by atoms with Crippen LogP contribution in [0.15, 0.2) is 12.4 Å². The lowest BCUT2D eigenvalue weighted by atomic mass is 10.1. The zero-order valence-electron chi connectivity index (χ0n) is 7.79. The van der Waals surface area contributed by atoms with E-state index in [2.05, 4.69) is 34.2 Å². The third-order valence-electron chi connectivity index (χ3n) is 2.50. The fourth-order valence-corrected chi connectivity index (χ4v) is 2.85. The molecule has 2 unspecified atom stereocenters. The molecule has 72 valence electrons. The van der Waals surface area contributed by atoms with Gasteiger partial charge in [0.1, 0.15) is 0 Å². The van der Waals surface area contributed by atoms with E-state index in [0.717, 1.165) is 11.8 Å². The van der Waals surface area contributed by atoms with Gasteiger partial charge in [0.2, 0.25) is 0 Å². The lowest BCUT2D eigenvalue weighted by molar-refractivity contribution is 0.513. The number of hydrogen-bond acceptors (Lipinski definition) is 3. The molecule has 0 aromatic carbocycles. The van der Waals surface area contributed by atoms with Crippen molar-refractivity contribution < 1.29 is 0 Å². The third kappa shape index (κ3) is 2.25. The molecule has 2 heterocycles. The van der Waals surface area contributed by atoms with Crippen LogP contribution in [0.1, 0.15) is 18.9 Å². The molecule has 1 aliphatic heterocycles. The number of rotatable bonds is 3. The highest BCUT2D eigenvalue weighted by Crippen LogP contribution is 2.26. The van der Waals surface area contributed by atoms with Gasteiger partial charge in [-0.05, 0) is 12.2 Å². The topological polar surface area (TPSA) is 40.7 Å². The average molecular weight is 197 g/mol. The van der Waals surface area contributed by atoms with E-state index in [0.29, 0.717) is 6.04 Å². The second-order valence-corrected chi connectivity index (χ2v) is 4.94. The first-order valence-corrected chi connectivity index (χ1v) is 5.74. The van der Waals surface area contributed by atoms with E-state index in [4.69, 9.17) is 0 Å². The molecule has 13 heavy (non-hydrogen) atoms. The minimum absolute atomic E-state index is 0.680. The third-order valence-corrected chi connectivity index (χ3v) is 3.83. The van der Waals surface area contributed by atoms with Crippen LogP contribution >= 0.6 is 11.8 Å². The van der Waals surface area contributed by atoms with Gasteiger partial charge in [-0.3, -0.25) is 5.10 Å². The molecule has 2 rings (SSSR count). The lowest BCUT2D eigenvalue weighted by Gasteiger charge is -2.15. The molecule has 0 amide bonds. The summed E-state index contributed by atoms with van der Waals surface area (Å²) in [6, 6.07) is 0.680. The van der Waals surface area contributed by atoms with Gasteiger partial charge in [-0.2, -0.15) is 16.9 Å². The Balaban J connectivity index is 1.79. The monoisotopic (exact) mass is 197 g/mol. The molecule has 3 nitrogen and oxygen atoms in total. The maximum Gasteiger partial charge on any atom is 0.0532 e. The summed E-state index contributed by atoms with van der Waals surface area (Å²) < 4.78 is 0. The Morgan fingerprint density at radius 2 is 2.69 bits per heavy atom. The average Bonchev–Trinajstić information content (AvgIpc) is 2.72. The number of aromatic amines is 1. The summed E-state index contributed by atoms with van der Waals surface area (Å²) >= 11 is 2.06. The Morgan fingerprint density at radius 3 is 3.31 bits per heavy atom. The van der Waals surface area contributed by atoms with Gasteiger partial charge in [-0.25, -0.2) is 0 Å². The van der Waals surface area contributed by atoms with Crippen molar-refractivity contribution in [2.45, 2.75) is 31.2 Å². The largest absolute Gasteiger partial charge is 0.309 e. The van der Waals surface area contributed by atoms with Gasteiger partial charge in [0.25, 0.3) is 0 Å². The minimum atomic E-state index is 0.680. The molecule has 2 atom stereocenters. The van der Waals surface area contributed by atoms with Crippen LogP contribution in [0.25, 0.3) is 0 Å². The van der Waals surface area contributed by atoms with Crippen LogP contribution in [-0.2, 0) is 6.54 Å². The molecule has 1 aliphatic rings. The summed E-state index contributed by atoms with van der Waals surface area (Å²) in [4.78, 5) is 0. The van der Waals surface area contributed by atoms with E-state index in [1.807, 2.05) is 12.4 Å². The molecular formula is C9H15N3S. The summed E-state index contributed by atoms with van der Waals surface area (Å²) in [6.07, 6.45) is 5.11. The number of aromatic nitrogens is 2. The van der Waals surface area contributed by atoms with Crippen molar-refractivity contribution in [2.75, 3.05) is 5.75 Å². The van der Waals surface area contributed by atoms with Gasteiger partial charge < -0.3 is 5.32 Å². The van der Waals surface area contributed by atoms with E-state index in [1.54, 1.807) is 0 Å². The first kappa shape index (κ1) is 9.09. The van der Waals surface area contributed by atoms with E-state index in [9.17, 15) is 0 Å². The zero-order valence-corrected chi connectivity index (χ0v) is 8.60. The van der Waals surface area contributed by atoms with E-state index in [-0.39, 0.29) is 0 Å². The summed E-state index contributed by atoms with van der Waals surface area (Å²) in [5, 5.41) is 11.0. The van der Waals surface area contributed by atoms with Gasteiger partial charge in [-0.1, -0.05) is 6.92 Å². The normalized spacial score (nSPS) is 28.1. The van der Waals surface area contributed by atoms with Crippen molar-refractivity contribution in [1.82, 2.24) is 15.5 Å². The van der Waals surface area contributed by atoms with Crippen LogP contribution in [0.2, 0.25) is 0 Å². The van der Waals surface area contributed by atoms with Gasteiger partial charge in [0.05, 0.1) is 6.20 Å². The van der Waals surface area contributed by atoms with Crippen molar-refractivity contribution in [3.05, 3.63) is 18.0 Å². The molecule has 0 spiro atoms.